The van der Waals surface area contributed by atoms with Crippen molar-refractivity contribution in [2.45, 2.75) is 38.1 Å². The Morgan fingerprint density at radius 3 is 2.74 bits per heavy atom. The largest absolute Gasteiger partial charge is 0.489 e. The van der Waals surface area contributed by atoms with Crippen molar-refractivity contribution in [1.29, 1.82) is 0 Å². The van der Waals surface area contributed by atoms with Crippen LogP contribution in [0.1, 0.15) is 30.9 Å². The van der Waals surface area contributed by atoms with Crippen molar-refractivity contribution in [3.63, 3.8) is 0 Å². The van der Waals surface area contributed by atoms with Gasteiger partial charge in [-0.3, -0.25) is 0 Å². The van der Waals surface area contributed by atoms with Gasteiger partial charge in [0.05, 0.1) is 18.3 Å². The summed E-state index contributed by atoms with van der Waals surface area (Å²) >= 11 is 0. The monoisotopic (exact) mass is 366 g/mol. The van der Waals surface area contributed by atoms with Crippen LogP contribution < -0.4 is 4.74 Å². The van der Waals surface area contributed by atoms with E-state index in [-0.39, 0.29) is 6.10 Å². The summed E-state index contributed by atoms with van der Waals surface area (Å²) in [5, 5.41) is 13.3. The minimum atomic E-state index is -1.08. The molecule has 0 aliphatic carbocycles. The molecule has 1 aliphatic rings. The quantitative estimate of drug-likeness (QED) is 0.710. The highest BCUT2D eigenvalue weighted by molar-refractivity contribution is 5.82. The van der Waals surface area contributed by atoms with E-state index in [1.165, 1.54) is 17.5 Å². The second-order valence-electron chi connectivity index (χ2n) is 7.31. The number of fused-ring (bicyclic) bond motifs is 1. The first-order chi connectivity index (χ1) is 13.0. The molecule has 0 radical (unpaired) electrons. The zero-order chi connectivity index (χ0) is 18.9. The highest BCUT2D eigenvalue weighted by atomic mass is 19.1. The standard InChI is InChI=1S/C23H23FO3/c1-16-14-23(25,8-9-26-16)20-11-21(24)13-22(12-20)27-15-17-6-7-18-4-2-3-5-19(18)10-17/h2-7,10-13,16,25H,8-9,14-15H2,1H3. The van der Waals surface area contributed by atoms with Crippen molar-refractivity contribution in [1.82, 2.24) is 0 Å². The van der Waals surface area contributed by atoms with E-state index in [1.807, 2.05) is 25.1 Å². The topological polar surface area (TPSA) is 38.7 Å². The van der Waals surface area contributed by atoms with Crippen LogP contribution in [0, 0.1) is 5.82 Å². The minimum Gasteiger partial charge on any atom is -0.489 e. The number of benzene rings is 3. The fourth-order valence-electron chi connectivity index (χ4n) is 3.74. The van der Waals surface area contributed by atoms with Gasteiger partial charge in [-0.25, -0.2) is 4.39 Å². The SMILES string of the molecule is CC1CC(O)(c2cc(F)cc(OCc3ccc4ccccc4c3)c2)CCO1. The van der Waals surface area contributed by atoms with Crippen molar-refractivity contribution in [3.05, 3.63) is 77.6 Å². The van der Waals surface area contributed by atoms with Crippen LogP contribution >= 0.6 is 0 Å². The summed E-state index contributed by atoms with van der Waals surface area (Å²) in [7, 11) is 0. The van der Waals surface area contributed by atoms with E-state index in [0.29, 0.717) is 37.4 Å². The second kappa shape index (κ2) is 7.29. The van der Waals surface area contributed by atoms with Crippen LogP contribution in [0.2, 0.25) is 0 Å². The summed E-state index contributed by atoms with van der Waals surface area (Å²) < 4.78 is 25.5. The van der Waals surface area contributed by atoms with Crippen LogP contribution in [0.25, 0.3) is 10.8 Å². The average molecular weight is 366 g/mol. The van der Waals surface area contributed by atoms with E-state index in [0.717, 1.165) is 10.9 Å². The molecule has 0 bridgehead atoms. The Morgan fingerprint density at radius 2 is 1.93 bits per heavy atom. The van der Waals surface area contributed by atoms with Crippen molar-refractivity contribution >= 4 is 10.8 Å². The summed E-state index contributed by atoms with van der Waals surface area (Å²) in [6.07, 6.45) is 0.833. The van der Waals surface area contributed by atoms with Gasteiger partial charge in [0.2, 0.25) is 0 Å². The van der Waals surface area contributed by atoms with Gasteiger partial charge >= 0.3 is 0 Å². The van der Waals surface area contributed by atoms with Crippen molar-refractivity contribution < 1.29 is 19.0 Å². The van der Waals surface area contributed by atoms with Crippen LogP contribution in [0.15, 0.2) is 60.7 Å². The molecule has 2 unspecified atom stereocenters. The van der Waals surface area contributed by atoms with Crippen molar-refractivity contribution in [2.24, 2.45) is 0 Å². The maximum absolute atomic E-state index is 14.2. The molecule has 3 aromatic carbocycles. The predicted molar refractivity (Wildman–Crippen MR) is 103 cm³/mol. The van der Waals surface area contributed by atoms with Gasteiger partial charge in [0.15, 0.2) is 0 Å². The Bertz CT molecular complexity index is 955. The first-order valence-corrected chi connectivity index (χ1v) is 9.27. The molecule has 1 N–H and O–H groups in total. The van der Waals surface area contributed by atoms with Gasteiger partial charge in [-0.15, -0.1) is 0 Å². The lowest BCUT2D eigenvalue weighted by molar-refractivity contribution is -0.101. The lowest BCUT2D eigenvalue weighted by atomic mass is 9.84. The first-order valence-electron chi connectivity index (χ1n) is 9.27. The Kier molecular flexibility index (Phi) is 4.85. The molecule has 1 saturated heterocycles. The summed E-state index contributed by atoms with van der Waals surface area (Å²) in [5.41, 5.74) is 0.477. The second-order valence-corrected chi connectivity index (χ2v) is 7.31. The Labute approximate surface area is 158 Å². The Morgan fingerprint density at radius 1 is 1.11 bits per heavy atom. The summed E-state index contributed by atoms with van der Waals surface area (Å²) in [6.45, 7) is 2.72. The summed E-state index contributed by atoms with van der Waals surface area (Å²) in [6, 6.07) is 18.8. The zero-order valence-corrected chi connectivity index (χ0v) is 15.3. The number of ether oxygens (including phenoxy) is 2. The molecule has 140 valence electrons. The van der Waals surface area contributed by atoms with E-state index in [9.17, 15) is 9.50 Å². The maximum Gasteiger partial charge on any atom is 0.127 e. The third-order valence-electron chi connectivity index (χ3n) is 5.17. The van der Waals surface area contributed by atoms with Crippen molar-refractivity contribution in [3.8, 4) is 5.75 Å². The van der Waals surface area contributed by atoms with Gasteiger partial charge in [0, 0.05) is 18.9 Å². The third-order valence-corrected chi connectivity index (χ3v) is 5.17. The molecule has 4 heteroatoms. The van der Waals surface area contributed by atoms with E-state index >= 15 is 0 Å². The van der Waals surface area contributed by atoms with E-state index < -0.39 is 11.4 Å². The van der Waals surface area contributed by atoms with Crippen LogP contribution in [0.3, 0.4) is 0 Å². The normalized spacial score (nSPS) is 22.7. The molecule has 27 heavy (non-hydrogen) atoms. The highest BCUT2D eigenvalue weighted by Crippen LogP contribution is 2.36. The number of rotatable bonds is 4. The Hall–Kier alpha value is -2.43. The van der Waals surface area contributed by atoms with Gasteiger partial charge in [-0.05, 0) is 47.0 Å². The minimum absolute atomic E-state index is 0.0611. The fourth-order valence-corrected chi connectivity index (χ4v) is 3.74. The summed E-state index contributed by atoms with van der Waals surface area (Å²) in [5.74, 6) is 0.0132. The Balaban J connectivity index is 1.54. The molecule has 1 heterocycles. The van der Waals surface area contributed by atoms with Crippen LogP contribution in [-0.2, 0) is 16.9 Å². The fraction of sp³-hybridized carbons (Fsp3) is 0.304. The lowest BCUT2D eigenvalue weighted by Crippen LogP contribution is -2.37. The van der Waals surface area contributed by atoms with Crippen LogP contribution in [0.4, 0.5) is 4.39 Å². The van der Waals surface area contributed by atoms with Crippen LogP contribution in [0.5, 0.6) is 5.75 Å². The number of hydrogen-bond donors (Lipinski definition) is 1. The lowest BCUT2D eigenvalue weighted by Gasteiger charge is -2.36. The molecular formula is C23H23FO3. The number of aliphatic hydroxyl groups is 1. The van der Waals surface area contributed by atoms with E-state index in [4.69, 9.17) is 9.47 Å². The smallest absolute Gasteiger partial charge is 0.127 e. The molecule has 3 nitrogen and oxygen atoms in total. The van der Waals surface area contributed by atoms with Gasteiger partial charge < -0.3 is 14.6 Å². The van der Waals surface area contributed by atoms with Gasteiger partial charge in [0.25, 0.3) is 0 Å². The van der Waals surface area contributed by atoms with Crippen molar-refractivity contribution in [2.75, 3.05) is 6.61 Å². The van der Waals surface area contributed by atoms with Gasteiger partial charge in [0.1, 0.15) is 18.2 Å². The molecular weight excluding hydrogens is 343 g/mol. The number of hydrogen-bond acceptors (Lipinski definition) is 3. The molecule has 3 aromatic rings. The molecule has 1 aliphatic heterocycles. The predicted octanol–water partition coefficient (Wildman–Crippen LogP) is 4.94. The zero-order valence-electron chi connectivity index (χ0n) is 15.3. The maximum atomic E-state index is 14.2. The molecule has 1 fully saturated rings. The molecule has 0 aromatic heterocycles. The van der Waals surface area contributed by atoms with Crippen LogP contribution in [-0.4, -0.2) is 17.8 Å². The molecule has 2 atom stereocenters. The highest BCUT2D eigenvalue weighted by Gasteiger charge is 2.35. The average Bonchev–Trinajstić information content (AvgIpc) is 2.66. The molecule has 0 saturated carbocycles. The number of halogens is 1. The molecule has 4 rings (SSSR count). The summed E-state index contributed by atoms with van der Waals surface area (Å²) in [4.78, 5) is 0. The van der Waals surface area contributed by atoms with E-state index in [1.54, 1.807) is 6.07 Å². The van der Waals surface area contributed by atoms with Gasteiger partial charge in [-0.1, -0.05) is 36.4 Å². The first kappa shape index (κ1) is 18.0. The van der Waals surface area contributed by atoms with E-state index in [2.05, 4.69) is 24.3 Å². The molecule has 0 spiro atoms. The third kappa shape index (κ3) is 3.97. The molecule has 0 amide bonds. The van der Waals surface area contributed by atoms with Gasteiger partial charge in [-0.2, -0.15) is 0 Å².